The van der Waals surface area contributed by atoms with E-state index in [0.29, 0.717) is 11.9 Å². The molecule has 0 aliphatic heterocycles. The molecule has 1 unspecified atom stereocenters. The van der Waals surface area contributed by atoms with E-state index in [1.165, 1.54) is 12.8 Å². The van der Waals surface area contributed by atoms with E-state index in [-0.39, 0.29) is 0 Å². The van der Waals surface area contributed by atoms with Crippen molar-refractivity contribution in [3.63, 3.8) is 0 Å². The predicted molar refractivity (Wildman–Crippen MR) is 57.7 cm³/mol. The molecule has 15 heavy (non-hydrogen) atoms. The van der Waals surface area contributed by atoms with Crippen LogP contribution in [0.5, 0.6) is 5.88 Å². The highest BCUT2D eigenvalue weighted by Gasteiger charge is 2.32. The molecule has 0 radical (unpaired) electrons. The predicted octanol–water partition coefficient (Wildman–Crippen LogP) is 1.55. The first kappa shape index (κ1) is 10.4. The first-order valence-corrected chi connectivity index (χ1v) is 5.44. The Morgan fingerprint density at radius 3 is 2.93 bits per heavy atom. The van der Waals surface area contributed by atoms with Crippen molar-refractivity contribution < 1.29 is 4.74 Å². The molecule has 1 heterocycles. The van der Waals surface area contributed by atoms with Crippen molar-refractivity contribution in [1.82, 2.24) is 15.3 Å². The van der Waals surface area contributed by atoms with Crippen LogP contribution in [0.25, 0.3) is 0 Å². The van der Waals surface area contributed by atoms with Crippen molar-refractivity contribution in [3.8, 4) is 5.88 Å². The lowest BCUT2D eigenvalue weighted by atomic mass is 10.1. The van der Waals surface area contributed by atoms with E-state index >= 15 is 0 Å². The number of nitrogens with zero attached hydrogens (tertiary/aromatic N) is 2. The molecule has 0 aromatic carbocycles. The lowest BCUT2D eigenvalue weighted by Crippen LogP contribution is -2.23. The van der Waals surface area contributed by atoms with Crippen molar-refractivity contribution >= 4 is 0 Å². The van der Waals surface area contributed by atoms with Gasteiger partial charge in [0.15, 0.2) is 0 Å². The molecule has 1 aromatic rings. The van der Waals surface area contributed by atoms with Crippen LogP contribution in [0.2, 0.25) is 0 Å². The summed E-state index contributed by atoms with van der Waals surface area (Å²) in [5.74, 6) is 1.38. The highest BCUT2D eigenvalue weighted by atomic mass is 16.5. The van der Waals surface area contributed by atoms with Crippen molar-refractivity contribution in [2.45, 2.75) is 25.8 Å². The van der Waals surface area contributed by atoms with Gasteiger partial charge < -0.3 is 10.1 Å². The molecule has 0 amide bonds. The van der Waals surface area contributed by atoms with Crippen LogP contribution in [0.4, 0.5) is 0 Å². The topological polar surface area (TPSA) is 47.0 Å². The summed E-state index contributed by atoms with van der Waals surface area (Å²) >= 11 is 0. The summed E-state index contributed by atoms with van der Waals surface area (Å²) in [6, 6.07) is 2.29. The fourth-order valence-electron chi connectivity index (χ4n) is 1.80. The van der Waals surface area contributed by atoms with Crippen molar-refractivity contribution in [1.29, 1.82) is 0 Å². The van der Waals surface area contributed by atoms with Gasteiger partial charge in [0.25, 0.3) is 0 Å². The quantitative estimate of drug-likeness (QED) is 0.795. The second-order valence-electron chi connectivity index (χ2n) is 3.86. The average Bonchev–Trinajstić information content (AvgIpc) is 3.10. The summed E-state index contributed by atoms with van der Waals surface area (Å²) in [4.78, 5) is 8.33. The van der Waals surface area contributed by atoms with E-state index in [1.54, 1.807) is 13.4 Å². The van der Waals surface area contributed by atoms with Gasteiger partial charge in [-0.25, -0.2) is 9.97 Å². The van der Waals surface area contributed by atoms with Crippen LogP contribution >= 0.6 is 0 Å². The van der Waals surface area contributed by atoms with E-state index in [1.807, 2.05) is 6.07 Å². The molecule has 0 saturated heterocycles. The molecular formula is C11H17N3O. The molecule has 2 rings (SSSR count). The fraction of sp³-hybridized carbons (Fsp3) is 0.636. The largest absolute Gasteiger partial charge is 0.481 e. The molecule has 0 bridgehead atoms. The normalized spacial score (nSPS) is 17.5. The summed E-state index contributed by atoms with van der Waals surface area (Å²) in [6.07, 6.45) is 4.16. The fourth-order valence-corrected chi connectivity index (χ4v) is 1.80. The maximum atomic E-state index is 5.10. The Morgan fingerprint density at radius 2 is 2.33 bits per heavy atom. The molecule has 1 fully saturated rings. The zero-order valence-electron chi connectivity index (χ0n) is 9.23. The van der Waals surface area contributed by atoms with Gasteiger partial charge in [-0.05, 0) is 25.3 Å². The number of rotatable bonds is 5. The number of ether oxygens (including phenoxy) is 1. The highest BCUT2D eigenvalue weighted by molar-refractivity contribution is 5.18. The Balaban J connectivity index is 2.16. The molecule has 1 aliphatic carbocycles. The monoisotopic (exact) mass is 207 g/mol. The lowest BCUT2D eigenvalue weighted by molar-refractivity contribution is 0.392. The number of hydrogen-bond donors (Lipinski definition) is 1. The summed E-state index contributed by atoms with van der Waals surface area (Å²) in [7, 11) is 1.63. The van der Waals surface area contributed by atoms with Crippen molar-refractivity contribution in [3.05, 3.63) is 18.1 Å². The molecule has 0 spiro atoms. The Bertz CT molecular complexity index is 325. The number of methoxy groups -OCH3 is 1. The third-order valence-electron chi connectivity index (χ3n) is 2.71. The Morgan fingerprint density at radius 1 is 1.53 bits per heavy atom. The van der Waals surface area contributed by atoms with Gasteiger partial charge in [0.1, 0.15) is 6.33 Å². The first-order valence-electron chi connectivity index (χ1n) is 5.44. The smallest absolute Gasteiger partial charge is 0.216 e. The van der Waals surface area contributed by atoms with Gasteiger partial charge in [0.05, 0.1) is 18.8 Å². The van der Waals surface area contributed by atoms with Crippen LogP contribution in [0, 0.1) is 5.92 Å². The van der Waals surface area contributed by atoms with Gasteiger partial charge in [-0.3, -0.25) is 0 Å². The van der Waals surface area contributed by atoms with E-state index < -0.39 is 0 Å². The van der Waals surface area contributed by atoms with E-state index in [2.05, 4.69) is 22.2 Å². The summed E-state index contributed by atoms with van der Waals surface area (Å²) in [5, 5.41) is 3.47. The highest BCUT2D eigenvalue weighted by Crippen LogP contribution is 2.40. The number of aromatic nitrogens is 2. The first-order chi connectivity index (χ1) is 7.35. The van der Waals surface area contributed by atoms with Crippen LogP contribution in [0.3, 0.4) is 0 Å². The van der Waals surface area contributed by atoms with Gasteiger partial charge in [-0.15, -0.1) is 0 Å². The minimum absolute atomic E-state index is 0.367. The van der Waals surface area contributed by atoms with Gasteiger partial charge >= 0.3 is 0 Å². The molecule has 1 aliphatic rings. The molecule has 4 heteroatoms. The van der Waals surface area contributed by atoms with Crippen LogP contribution in [0.1, 0.15) is 31.5 Å². The van der Waals surface area contributed by atoms with Crippen molar-refractivity contribution in [2.75, 3.05) is 13.7 Å². The Kier molecular flexibility index (Phi) is 3.16. The van der Waals surface area contributed by atoms with Crippen LogP contribution < -0.4 is 10.1 Å². The maximum absolute atomic E-state index is 5.10. The maximum Gasteiger partial charge on any atom is 0.216 e. The van der Waals surface area contributed by atoms with E-state index in [9.17, 15) is 0 Å². The standard InChI is InChI=1S/C11H17N3O/c1-3-12-11(8-4-5-8)9-6-10(15-2)14-7-13-9/h6-8,11-12H,3-5H2,1-2H3. The van der Waals surface area contributed by atoms with E-state index in [4.69, 9.17) is 4.74 Å². The van der Waals surface area contributed by atoms with Crippen LogP contribution in [0.15, 0.2) is 12.4 Å². The Labute approximate surface area is 90.1 Å². The van der Waals surface area contributed by atoms with Crippen LogP contribution in [-0.4, -0.2) is 23.6 Å². The zero-order chi connectivity index (χ0) is 10.7. The minimum atomic E-state index is 0.367. The second-order valence-corrected chi connectivity index (χ2v) is 3.86. The van der Waals surface area contributed by atoms with E-state index in [0.717, 1.165) is 18.2 Å². The van der Waals surface area contributed by atoms with Gasteiger partial charge in [-0.2, -0.15) is 0 Å². The molecule has 1 N–H and O–H groups in total. The van der Waals surface area contributed by atoms with Crippen LogP contribution in [-0.2, 0) is 0 Å². The number of nitrogens with one attached hydrogen (secondary N) is 1. The molecule has 1 aromatic heterocycles. The third kappa shape index (κ3) is 2.45. The summed E-state index contributed by atoms with van der Waals surface area (Å²) in [5.41, 5.74) is 1.05. The SMILES string of the molecule is CCNC(c1cc(OC)ncn1)C1CC1. The average molecular weight is 207 g/mol. The molecule has 1 atom stereocenters. The van der Waals surface area contributed by atoms with Gasteiger partial charge in [0, 0.05) is 6.07 Å². The number of hydrogen-bond acceptors (Lipinski definition) is 4. The lowest BCUT2D eigenvalue weighted by Gasteiger charge is -2.16. The minimum Gasteiger partial charge on any atom is -0.481 e. The Hall–Kier alpha value is -1.16. The molecular weight excluding hydrogens is 190 g/mol. The summed E-state index contributed by atoms with van der Waals surface area (Å²) in [6.45, 7) is 3.08. The third-order valence-corrected chi connectivity index (χ3v) is 2.71. The summed E-state index contributed by atoms with van der Waals surface area (Å²) < 4.78 is 5.10. The van der Waals surface area contributed by atoms with Gasteiger partial charge in [0.2, 0.25) is 5.88 Å². The second kappa shape index (κ2) is 4.57. The molecule has 82 valence electrons. The van der Waals surface area contributed by atoms with Crippen molar-refractivity contribution in [2.24, 2.45) is 5.92 Å². The van der Waals surface area contributed by atoms with Gasteiger partial charge in [-0.1, -0.05) is 6.92 Å². The zero-order valence-corrected chi connectivity index (χ0v) is 9.23. The molecule has 4 nitrogen and oxygen atoms in total. The molecule has 1 saturated carbocycles.